The molecular weight excluding hydrogens is 571 g/mol. The first-order valence-electron chi connectivity index (χ1n) is 14.0. The van der Waals surface area contributed by atoms with Crippen molar-refractivity contribution in [2.24, 2.45) is 11.3 Å². The zero-order valence-electron chi connectivity index (χ0n) is 24.1. The molecule has 2 N–H and O–H groups in total. The highest BCUT2D eigenvalue weighted by molar-refractivity contribution is 7.90. The van der Waals surface area contributed by atoms with Gasteiger partial charge in [0.2, 0.25) is 0 Å². The molecule has 0 saturated carbocycles. The lowest BCUT2D eigenvalue weighted by atomic mass is 9.92. The largest absolute Gasteiger partial charge is 0.587 e. The average Bonchev–Trinajstić information content (AvgIpc) is 3.42. The Morgan fingerprint density at radius 2 is 1.88 bits per heavy atom. The lowest BCUT2D eigenvalue weighted by molar-refractivity contribution is -0.214. The smallest absolute Gasteiger partial charge is 0.395 e. The van der Waals surface area contributed by atoms with Crippen LogP contribution in [0.3, 0.4) is 0 Å². The summed E-state index contributed by atoms with van der Waals surface area (Å²) >= 11 is -1.94. The van der Waals surface area contributed by atoms with Gasteiger partial charge >= 0.3 is 12.2 Å². The van der Waals surface area contributed by atoms with Crippen LogP contribution >= 0.6 is 0 Å². The molecule has 2 atom stereocenters. The van der Waals surface area contributed by atoms with Crippen LogP contribution in [0.5, 0.6) is 0 Å². The second-order valence-corrected chi connectivity index (χ2v) is 13.6. The summed E-state index contributed by atoms with van der Waals surface area (Å²) in [6, 6.07) is 7.55. The SMILES string of the molecule is CC1(C)CC2CCCNc3cccc(n3)[S+]([O-])NC(=O)c3ccc(N4CCN(CC(C)(C)C(F)(F)F)C4=O)nc3N1C2. The number of nitrogens with zero attached hydrogens (tertiary/aromatic N) is 5. The van der Waals surface area contributed by atoms with Crippen molar-refractivity contribution < 1.29 is 27.3 Å². The van der Waals surface area contributed by atoms with Gasteiger partial charge in [-0.25, -0.2) is 9.78 Å². The molecule has 0 aliphatic carbocycles. The molecule has 0 spiro atoms. The molecule has 42 heavy (non-hydrogen) atoms. The van der Waals surface area contributed by atoms with Gasteiger partial charge in [0.15, 0.2) is 0 Å². The van der Waals surface area contributed by atoms with Crippen LogP contribution in [0.15, 0.2) is 35.4 Å². The van der Waals surface area contributed by atoms with E-state index >= 15 is 0 Å². The Hall–Kier alpha value is -3.26. The standard InChI is InChI=1S/C28H36F3N7O3S/c1-26(2,28(29,30)31)17-36-13-14-37(25(36)40)21-11-10-19-23(34-21)38-16-18(15-27(38,3)4)7-6-12-32-20-8-5-9-22(33-20)42(41)35-24(19)39/h5,8-11,18H,6-7,12-17H2,1-4H3,(H,32,33)(H,35,39). The van der Waals surface area contributed by atoms with E-state index in [2.05, 4.69) is 33.8 Å². The molecule has 0 radical (unpaired) electrons. The van der Waals surface area contributed by atoms with Gasteiger partial charge in [-0.3, -0.25) is 9.69 Å². The molecule has 2 aromatic heterocycles. The first-order valence-corrected chi connectivity index (χ1v) is 15.2. The number of pyridine rings is 2. The number of urea groups is 1. The van der Waals surface area contributed by atoms with Crippen molar-refractivity contribution in [1.29, 1.82) is 0 Å². The third-order valence-electron chi connectivity index (χ3n) is 8.24. The van der Waals surface area contributed by atoms with Gasteiger partial charge in [0.05, 0.1) is 11.0 Å². The van der Waals surface area contributed by atoms with E-state index in [4.69, 9.17) is 4.98 Å². The number of anilines is 3. The minimum absolute atomic E-state index is 0.119. The minimum Gasteiger partial charge on any atom is -0.587 e. The number of hydrogen-bond acceptors (Lipinski definition) is 7. The number of aromatic nitrogens is 2. The summed E-state index contributed by atoms with van der Waals surface area (Å²) in [5.74, 6) is 0.864. The average molecular weight is 608 g/mol. The fourth-order valence-electron chi connectivity index (χ4n) is 5.85. The van der Waals surface area contributed by atoms with Crippen molar-refractivity contribution >= 4 is 40.8 Å². The Labute approximate surface area is 246 Å². The Morgan fingerprint density at radius 3 is 2.62 bits per heavy atom. The molecule has 2 unspecified atom stereocenters. The third-order valence-corrected chi connectivity index (χ3v) is 9.22. The Morgan fingerprint density at radius 1 is 1.12 bits per heavy atom. The zero-order valence-corrected chi connectivity index (χ0v) is 24.9. The molecule has 0 aromatic carbocycles. The number of alkyl halides is 3. The van der Waals surface area contributed by atoms with E-state index in [0.29, 0.717) is 30.6 Å². The maximum atomic E-state index is 13.5. The molecule has 2 aromatic rings. The maximum absolute atomic E-state index is 13.5. The van der Waals surface area contributed by atoms with Gasteiger partial charge in [-0.2, -0.15) is 22.9 Å². The molecule has 4 bridgehead atoms. The summed E-state index contributed by atoms with van der Waals surface area (Å²) in [6.45, 7) is 7.40. The second-order valence-electron chi connectivity index (χ2n) is 12.4. The van der Waals surface area contributed by atoms with Crippen LogP contribution in [0.25, 0.3) is 0 Å². The van der Waals surface area contributed by atoms with E-state index in [-0.39, 0.29) is 35.0 Å². The van der Waals surface area contributed by atoms with Crippen LogP contribution in [0.1, 0.15) is 57.3 Å². The van der Waals surface area contributed by atoms with E-state index in [0.717, 1.165) is 33.1 Å². The minimum atomic E-state index is -4.47. The highest BCUT2D eigenvalue weighted by Crippen LogP contribution is 2.41. The van der Waals surface area contributed by atoms with Crippen LogP contribution < -0.4 is 19.8 Å². The summed E-state index contributed by atoms with van der Waals surface area (Å²) in [5.41, 5.74) is -2.26. The van der Waals surface area contributed by atoms with Gasteiger partial charge in [0.25, 0.3) is 10.9 Å². The van der Waals surface area contributed by atoms with Gasteiger partial charge < -0.3 is 19.7 Å². The number of halogens is 3. The summed E-state index contributed by atoms with van der Waals surface area (Å²) in [6.07, 6.45) is -1.81. The molecule has 3 aliphatic rings. The number of amides is 3. The van der Waals surface area contributed by atoms with Crippen LogP contribution in [0, 0.1) is 11.3 Å². The summed E-state index contributed by atoms with van der Waals surface area (Å²) < 4.78 is 56.2. The van der Waals surface area contributed by atoms with Crippen LogP contribution in [-0.4, -0.2) is 75.8 Å². The van der Waals surface area contributed by atoms with Crippen LogP contribution in [-0.2, 0) is 11.4 Å². The van der Waals surface area contributed by atoms with Crippen molar-refractivity contribution in [3.05, 3.63) is 35.9 Å². The summed E-state index contributed by atoms with van der Waals surface area (Å²) in [7, 11) is 0. The first kappa shape index (κ1) is 30.2. The van der Waals surface area contributed by atoms with E-state index < -0.39 is 41.4 Å². The molecule has 2 saturated heterocycles. The Kier molecular flexibility index (Phi) is 7.98. The fourth-order valence-corrected chi connectivity index (χ4v) is 6.61. The molecule has 228 valence electrons. The summed E-state index contributed by atoms with van der Waals surface area (Å²) in [5, 5.41) is 3.46. The molecule has 10 nitrogen and oxygen atoms in total. The molecule has 2 fully saturated rings. The van der Waals surface area contributed by atoms with Gasteiger partial charge in [-0.15, -0.1) is 0 Å². The fraction of sp³-hybridized carbons (Fsp3) is 0.571. The van der Waals surface area contributed by atoms with E-state index in [1.807, 2.05) is 0 Å². The number of hydrogen-bond donors (Lipinski definition) is 2. The molecule has 5 rings (SSSR count). The predicted molar refractivity (Wildman–Crippen MR) is 154 cm³/mol. The second kappa shape index (κ2) is 11.1. The quantitative estimate of drug-likeness (QED) is 0.491. The van der Waals surface area contributed by atoms with Crippen molar-refractivity contribution in [2.45, 2.75) is 63.7 Å². The number of nitrogens with one attached hydrogen (secondary N) is 2. The van der Waals surface area contributed by atoms with Crippen LogP contribution in [0.4, 0.5) is 35.4 Å². The summed E-state index contributed by atoms with van der Waals surface area (Å²) in [4.78, 5) is 40.5. The number of rotatable bonds is 3. The normalized spacial score (nSPS) is 23.2. The maximum Gasteiger partial charge on any atom is 0.395 e. The highest BCUT2D eigenvalue weighted by Gasteiger charge is 2.50. The third kappa shape index (κ3) is 5.96. The molecular formula is C28H36F3N7O3S. The van der Waals surface area contributed by atoms with Crippen molar-refractivity contribution in [3.63, 3.8) is 0 Å². The van der Waals surface area contributed by atoms with Gasteiger partial charge in [-0.1, -0.05) is 6.07 Å². The van der Waals surface area contributed by atoms with Gasteiger partial charge in [-0.05, 0) is 71.1 Å². The Balaban J connectivity index is 1.49. The van der Waals surface area contributed by atoms with Crippen LogP contribution in [0.2, 0.25) is 0 Å². The Bertz CT molecular complexity index is 1360. The van der Waals surface area contributed by atoms with Crippen molar-refractivity contribution in [2.75, 3.05) is 47.8 Å². The number of carbonyl (C=O) groups excluding carboxylic acids is 2. The zero-order chi connectivity index (χ0) is 30.4. The topological polar surface area (TPSA) is 117 Å². The van der Waals surface area contributed by atoms with Gasteiger partial charge in [0, 0.05) is 44.3 Å². The number of carbonyl (C=O) groups is 2. The van der Waals surface area contributed by atoms with Gasteiger partial charge in [0.1, 0.15) is 28.8 Å². The molecule has 5 heterocycles. The monoisotopic (exact) mass is 607 g/mol. The number of fused-ring (bicyclic) bond motifs is 6. The molecule has 14 heteroatoms. The highest BCUT2D eigenvalue weighted by atomic mass is 32.2. The van der Waals surface area contributed by atoms with Crippen molar-refractivity contribution in [1.82, 2.24) is 19.6 Å². The first-order chi connectivity index (χ1) is 19.7. The molecule has 3 amide bonds. The predicted octanol–water partition coefficient (Wildman–Crippen LogP) is 4.57. The lowest BCUT2D eigenvalue weighted by Gasteiger charge is -2.34. The van der Waals surface area contributed by atoms with E-state index in [1.165, 1.54) is 21.9 Å². The van der Waals surface area contributed by atoms with E-state index in [1.54, 1.807) is 18.2 Å². The van der Waals surface area contributed by atoms with Crippen molar-refractivity contribution in [3.8, 4) is 0 Å². The van der Waals surface area contributed by atoms with E-state index in [9.17, 15) is 27.3 Å². The molecule has 3 aliphatic heterocycles. The lowest BCUT2D eigenvalue weighted by Crippen LogP contribution is -2.45.